The van der Waals surface area contributed by atoms with Crippen LogP contribution in [0.25, 0.3) is 0 Å². The van der Waals surface area contributed by atoms with E-state index in [-0.39, 0.29) is 22.4 Å². The SMILES string of the molecule is CCCCCCN(CCCCCCCCCCCCN1C(=O)c2ccccc2C1=O)S(=O)(=O)c1ccccc1[N+](=O)[O-]. The molecular weight excluding hydrogens is 554 g/mol. The Bertz CT molecular complexity index is 1260. The summed E-state index contributed by atoms with van der Waals surface area (Å²) in [7, 11) is -3.95. The number of rotatable bonds is 21. The minimum absolute atomic E-state index is 0.186. The van der Waals surface area contributed by atoms with Crippen molar-refractivity contribution in [3.8, 4) is 0 Å². The average Bonchev–Trinajstić information content (AvgIpc) is 3.23. The van der Waals surface area contributed by atoms with Crippen molar-refractivity contribution >= 4 is 27.5 Å². The number of imide groups is 1. The molecule has 10 heteroatoms. The quantitative estimate of drug-likeness (QED) is 0.0640. The van der Waals surface area contributed by atoms with Gasteiger partial charge in [0.05, 0.1) is 16.1 Å². The molecule has 0 spiro atoms. The molecule has 0 N–H and O–H groups in total. The van der Waals surface area contributed by atoms with Gasteiger partial charge in [-0.1, -0.05) is 102 Å². The van der Waals surface area contributed by atoms with E-state index in [0.717, 1.165) is 89.9 Å². The Balaban J connectivity index is 1.31. The zero-order valence-corrected chi connectivity index (χ0v) is 25.7. The highest BCUT2D eigenvalue weighted by Crippen LogP contribution is 2.27. The molecule has 1 heterocycles. The number of benzene rings is 2. The van der Waals surface area contributed by atoms with Crippen LogP contribution in [0.4, 0.5) is 5.69 Å². The van der Waals surface area contributed by atoms with Gasteiger partial charge in [0.15, 0.2) is 4.90 Å². The monoisotopic (exact) mass is 599 g/mol. The molecule has 9 nitrogen and oxygen atoms in total. The van der Waals surface area contributed by atoms with Crippen LogP contribution in [0.2, 0.25) is 0 Å². The topological polar surface area (TPSA) is 118 Å². The highest BCUT2D eigenvalue weighted by molar-refractivity contribution is 7.89. The number of para-hydroxylation sites is 1. The summed E-state index contributed by atoms with van der Waals surface area (Å²) in [5.41, 5.74) is 0.632. The van der Waals surface area contributed by atoms with Crippen molar-refractivity contribution in [2.75, 3.05) is 19.6 Å². The first-order valence-electron chi connectivity index (χ1n) is 15.5. The van der Waals surface area contributed by atoms with Crippen molar-refractivity contribution < 1.29 is 22.9 Å². The van der Waals surface area contributed by atoms with Gasteiger partial charge in [0.25, 0.3) is 17.5 Å². The maximum absolute atomic E-state index is 13.4. The van der Waals surface area contributed by atoms with Crippen molar-refractivity contribution in [3.63, 3.8) is 0 Å². The number of amides is 2. The minimum Gasteiger partial charge on any atom is -0.274 e. The highest BCUT2D eigenvalue weighted by atomic mass is 32.2. The molecule has 0 aromatic heterocycles. The number of hydrogen-bond donors (Lipinski definition) is 0. The van der Waals surface area contributed by atoms with Crippen molar-refractivity contribution in [2.45, 2.75) is 102 Å². The van der Waals surface area contributed by atoms with E-state index in [0.29, 0.717) is 30.8 Å². The number of nitrogens with zero attached hydrogens (tertiary/aromatic N) is 3. The Labute approximate surface area is 250 Å². The third kappa shape index (κ3) is 9.19. The molecule has 1 aliphatic heterocycles. The van der Waals surface area contributed by atoms with Gasteiger partial charge in [-0.15, -0.1) is 0 Å². The van der Waals surface area contributed by atoms with Gasteiger partial charge in [-0.2, -0.15) is 4.31 Å². The molecule has 0 saturated carbocycles. The molecular formula is C32H45N3O6S. The summed E-state index contributed by atoms with van der Waals surface area (Å²) < 4.78 is 28.2. The van der Waals surface area contributed by atoms with Gasteiger partial charge in [0.2, 0.25) is 10.0 Å². The fraction of sp³-hybridized carbons (Fsp3) is 0.562. The first-order valence-corrected chi connectivity index (χ1v) is 16.9. The van der Waals surface area contributed by atoms with Crippen LogP contribution in [-0.4, -0.2) is 54.0 Å². The summed E-state index contributed by atoms with van der Waals surface area (Å²) in [5.74, 6) is -0.372. The Morgan fingerprint density at radius 3 is 1.67 bits per heavy atom. The van der Waals surface area contributed by atoms with E-state index in [2.05, 4.69) is 6.92 Å². The normalized spacial score (nSPS) is 13.2. The Hall–Kier alpha value is -3.11. The molecule has 230 valence electrons. The van der Waals surface area contributed by atoms with Crippen molar-refractivity contribution in [1.29, 1.82) is 0 Å². The summed E-state index contributed by atoms with van der Waals surface area (Å²) in [6, 6.07) is 12.6. The van der Waals surface area contributed by atoms with E-state index in [4.69, 9.17) is 0 Å². The predicted molar refractivity (Wildman–Crippen MR) is 164 cm³/mol. The van der Waals surface area contributed by atoms with Crippen LogP contribution in [0.1, 0.15) is 118 Å². The lowest BCUT2D eigenvalue weighted by Crippen LogP contribution is -2.33. The number of carbonyl (C=O) groups excluding carboxylic acids is 2. The molecule has 2 aromatic carbocycles. The van der Waals surface area contributed by atoms with Crippen LogP contribution >= 0.6 is 0 Å². The van der Waals surface area contributed by atoms with Crippen LogP contribution in [0.5, 0.6) is 0 Å². The molecule has 0 fully saturated rings. The lowest BCUT2D eigenvalue weighted by molar-refractivity contribution is -0.387. The molecule has 1 aliphatic rings. The van der Waals surface area contributed by atoms with E-state index < -0.39 is 14.9 Å². The van der Waals surface area contributed by atoms with Crippen molar-refractivity contribution in [1.82, 2.24) is 9.21 Å². The molecule has 2 aromatic rings. The van der Waals surface area contributed by atoms with E-state index in [1.807, 2.05) is 0 Å². The molecule has 0 unspecified atom stereocenters. The summed E-state index contributed by atoms with van der Waals surface area (Å²) in [6.45, 7) is 3.31. The van der Waals surface area contributed by atoms with Crippen LogP contribution in [0, 0.1) is 10.1 Å². The van der Waals surface area contributed by atoms with Crippen LogP contribution in [0.15, 0.2) is 53.4 Å². The Kier molecular flexibility index (Phi) is 13.6. The van der Waals surface area contributed by atoms with Gasteiger partial charge in [0.1, 0.15) is 0 Å². The first-order chi connectivity index (χ1) is 20.3. The molecule has 0 radical (unpaired) electrons. The maximum Gasteiger partial charge on any atom is 0.289 e. The molecule has 0 bridgehead atoms. The summed E-state index contributed by atoms with van der Waals surface area (Å²) in [5, 5.41) is 11.5. The third-order valence-corrected chi connectivity index (χ3v) is 9.80. The fourth-order valence-corrected chi connectivity index (χ4v) is 7.12. The number of sulfonamides is 1. The summed E-state index contributed by atoms with van der Waals surface area (Å²) in [6.07, 6.45) is 13.7. The maximum atomic E-state index is 13.4. The molecule has 0 saturated heterocycles. The lowest BCUT2D eigenvalue weighted by Gasteiger charge is -2.22. The number of nitro benzene ring substituents is 1. The van der Waals surface area contributed by atoms with E-state index in [1.165, 1.54) is 33.5 Å². The zero-order valence-electron chi connectivity index (χ0n) is 24.8. The van der Waals surface area contributed by atoms with E-state index >= 15 is 0 Å². The number of hydrogen-bond acceptors (Lipinski definition) is 6. The molecule has 42 heavy (non-hydrogen) atoms. The van der Waals surface area contributed by atoms with Gasteiger partial charge >= 0.3 is 0 Å². The number of carbonyl (C=O) groups is 2. The van der Waals surface area contributed by atoms with E-state index in [1.54, 1.807) is 24.3 Å². The lowest BCUT2D eigenvalue weighted by atomic mass is 10.1. The molecule has 0 atom stereocenters. The van der Waals surface area contributed by atoms with Gasteiger partial charge in [-0.3, -0.25) is 24.6 Å². The average molecular weight is 600 g/mol. The molecule has 0 aliphatic carbocycles. The van der Waals surface area contributed by atoms with Gasteiger partial charge in [0, 0.05) is 25.7 Å². The largest absolute Gasteiger partial charge is 0.289 e. The number of unbranched alkanes of at least 4 members (excludes halogenated alkanes) is 12. The van der Waals surface area contributed by atoms with Gasteiger partial charge < -0.3 is 0 Å². The van der Waals surface area contributed by atoms with Crippen LogP contribution in [-0.2, 0) is 10.0 Å². The van der Waals surface area contributed by atoms with Crippen LogP contribution < -0.4 is 0 Å². The predicted octanol–water partition coefficient (Wildman–Crippen LogP) is 7.36. The second kappa shape index (κ2) is 17.1. The zero-order chi connectivity index (χ0) is 30.4. The fourth-order valence-electron chi connectivity index (χ4n) is 5.45. The molecule has 2 amide bonds. The third-order valence-electron chi connectivity index (χ3n) is 7.86. The first kappa shape index (κ1) is 33.4. The Morgan fingerprint density at radius 2 is 1.14 bits per heavy atom. The second-order valence-electron chi connectivity index (χ2n) is 11.0. The summed E-state index contributed by atoms with van der Waals surface area (Å²) in [4.78, 5) is 36.8. The van der Waals surface area contributed by atoms with Crippen molar-refractivity contribution in [2.24, 2.45) is 0 Å². The number of nitro groups is 1. The van der Waals surface area contributed by atoms with E-state index in [9.17, 15) is 28.1 Å². The van der Waals surface area contributed by atoms with Crippen molar-refractivity contribution in [3.05, 3.63) is 69.8 Å². The van der Waals surface area contributed by atoms with Gasteiger partial charge in [-0.25, -0.2) is 8.42 Å². The second-order valence-corrected chi connectivity index (χ2v) is 12.9. The smallest absolute Gasteiger partial charge is 0.274 e. The highest BCUT2D eigenvalue weighted by Gasteiger charge is 2.34. The standard InChI is InChI=1S/C32H45N3O6S/c1-2-3-4-17-24-33(42(40,41)30-23-16-15-22-29(30)35(38)39)25-18-11-9-7-5-6-8-10-12-19-26-34-31(36)27-20-13-14-21-28(27)32(34)37/h13-16,20-23H,2-12,17-19,24-26H2,1H3. The number of fused-ring (bicyclic) bond motifs is 1. The molecule has 3 rings (SSSR count). The van der Waals surface area contributed by atoms with Crippen LogP contribution in [0.3, 0.4) is 0 Å². The summed E-state index contributed by atoms with van der Waals surface area (Å²) >= 11 is 0. The Morgan fingerprint density at radius 1 is 0.690 bits per heavy atom. The minimum atomic E-state index is -3.95. The van der Waals surface area contributed by atoms with Gasteiger partial charge in [-0.05, 0) is 37.5 Å².